The van der Waals surface area contributed by atoms with E-state index in [-0.39, 0.29) is 12.2 Å². The van der Waals surface area contributed by atoms with Crippen molar-refractivity contribution in [1.82, 2.24) is 20.0 Å². The van der Waals surface area contributed by atoms with E-state index >= 15 is 0 Å². The van der Waals surface area contributed by atoms with Crippen molar-refractivity contribution in [3.05, 3.63) is 71.8 Å². The van der Waals surface area contributed by atoms with Crippen molar-refractivity contribution < 1.29 is 18.0 Å². The fourth-order valence-electron chi connectivity index (χ4n) is 3.56. The van der Waals surface area contributed by atoms with Gasteiger partial charge in [-0.15, -0.1) is 0 Å². The molecular weight excluding hydrogens is 421 g/mol. The van der Waals surface area contributed by atoms with Crippen molar-refractivity contribution in [1.29, 1.82) is 0 Å². The molecule has 10 heteroatoms. The summed E-state index contributed by atoms with van der Waals surface area (Å²) in [5.41, 5.74) is 1.22. The number of hydrogen-bond acceptors (Lipinski definition) is 4. The lowest BCUT2D eigenvalue weighted by molar-refractivity contribution is 0.251. The molecule has 0 atom stereocenters. The van der Waals surface area contributed by atoms with Gasteiger partial charge in [0.15, 0.2) is 11.6 Å². The molecular formula is C22H23F3N6O. The topological polar surface area (TPSA) is 65.4 Å². The van der Waals surface area contributed by atoms with Gasteiger partial charge >= 0.3 is 6.03 Å². The van der Waals surface area contributed by atoms with Crippen LogP contribution in [0.2, 0.25) is 0 Å². The molecule has 3 aromatic rings. The molecule has 0 bridgehead atoms. The lowest BCUT2D eigenvalue weighted by Crippen LogP contribution is -2.44. The fraction of sp³-hybridized carbons (Fsp3) is 0.273. The van der Waals surface area contributed by atoms with Crippen LogP contribution in [0.15, 0.2) is 48.7 Å². The van der Waals surface area contributed by atoms with Gasteiger partial charge in [-0.1, -0.05) is 6.07 Å². The zero-order valence-electron chi connectivity index (χ0n) is 17.5. The molecule has 1 aliphatic rings. The van der Waals surface area contributed by atoms with Crippen molar-refractivity contribution in [3.63, 3.8) is 0 Å². The molecule has 2 heterocycles. The summed E-state index contributed by atoms with van der Waals surface area (Å²) in [7, 11) is 2.04. The van der Waals surface area contributed by atoms with Crippen molar-refractivity contribution >= 4 is 17.4 Å². The molecule has 2 aromatic carbocycles. The van der Waals surface area contributed by atoms with Crippen molar-refractivity contribution in [3.8, 4) is 5.69 Å². The predicted octanol–water partition coefficient (Wildman–Crippen LogP) is 3.36. The highest BCUT2D eigenvalue weighted by molar-refractivity contribution is 5.93. The third-order valence-corrected chi connectivity index (χ3v) is 5.29. The predicted molar refractivity (Wildman–Crippen MR) is 115 cm³/mol. The highest BCUT2D eigenvalue weighted by atomic mass is 19.1. The van der Waals surface area contributed by atoms with Crippen LogP contribution in [-0.2, 0) is 6.54 Å². The summed E-state index contributed by atoms with van der Waals surface area (Å²) in [5.74, 6) is -1.94. The van der Waals surface area contributed by atoms with Gasteiger partial charge in [0.1, 0.15) is 11.5 Å². The Morgan fingerprint density at radius 2 is 1.75 bits per heavy atom. The minimum Gasteiger partial charge on any atom is -0.367 e. The molecule has 2 amide bonds. The number of nitrogens with zero attached hydrogens (tertiary/aromatic N) is 4. The molecule has 0 spiro atoms. The van der Waals surface area contributed by atoms with E-state index in [1.54, 1.807) is 12.1 Å². The number of likely N-dealkylation sites (N-methyl/N-ethyl adjacent to an activating group) is 1. The highest BCUT2D eigenvalue weighted by Crippen LogP contribution is 2.28. The zero-order valence-corrected chi connectivity index (χ0v) is 17.5. The Bertz CT molecular complexity index is 1090. The summed E-state index contributed by atoms with van der Waals surface area (Å²) >= 11 is 0. The largest absolute Gasteiger partial charge is 0.367 e. The van der Waals surface area contributed by atoms with Gasteiger partial charge in [-0.05, 0) is 43.4 Å². The third kappa shape index (κ3) is 4.86. The van der Waals surface area contributed by atoms with Gasteiger partial charge in [0.05, 0.1) is 23.6 Å². The molecule has 1 aliphatic heterocycles. The second-order valence-corrected chi connectivity index (χ2v) is 7.58. The van der Waals surface area contributed by atoms with E-state index in [0.717, 1.165) is 48.7 Å². The Labute approximate surface area is 183 Å². The SMILES string of the molecule is CN1CCN(c2ccc(F)cc2NC(=O)NCc2ccn(-c3c(F)cccc3F)n2)CC1. The Kier molecular flexibility index (Phi) is 6.31. The Balaban J connectivity index is 1.41. The van der Waals surface area contributed by atoms with E-state index in [0.29, 0.717) is 11.4 Å². The van der Waals surface area contributed by atoms with Crippen LogP contribution < -0.4 is 15.5 Å². The Hall–Kier alpha value is -3.53. The van der Waals surface area contributed by atoms with Crippen LogP contribution >= 0.6 is 0 Å². The molecule has 0 radical (unpaired) electrons. The quantitative estimate of drug-likeness (QED) is 0.634. The van der Waals surface area contributed by atoms with Crippen LogP contribution in [0.5, 0.6) is 0 Å². The lowest BCUT2D eigenvalue weighted by atomic mass is 10.2. The number of urea groups is 1. The first-order chi connectivity index (χ1) is 15.4. The standard InChI is InChI=1S/C22H23F3N6O/c1-29-9-11-30(12-10-29)20-6-5-15(23)13-19(20)27-22(32)26-14-16-7-8-31(28-16)21-17(24)3-2-4-18(21)25/h2-8,13H,9-12,14H2,1H3,(H2,26,27,32). The van der Waals surface area contributed by atoms with Gasteiger partial charge < -0.3 is 20.4 Å². The number of hydrogen-bond donors (Lipinski definition) is 2. The number of halogens is 3. The van der Waals surface area contributed by atoms with Gasteiger partial charge in [-0.25, -0.2) is 22.6 Å². The maximum absolute atomic E-state index is 13.9. The van der Waals surface area contributed by atoms with Crippen LogP contribution in [0.25, 0.3) is 5.69 Å². The van der Waals surface area contributed by atoms with Crippen LogP contribution in [0.4, 0.5) is 29.3 Å². The summed E-state index contributed by atoms with van der Waals surface area (Å²) < 4.78 is 42.8. The number of amides is 2. The Morgan fingerprint density at radius 3 is 2.47 bits per heavy atom. The number of benzene rings is 2. The average molecular weight is 444 g/mol. The minimum absolute atomic E-state index is 0.0219. The van der Waals surface area contributed by atoms with Gasteiger partial charge in [-0.2, -0.15) is 5.10 Å². The van der Waals surface area contributed by atoms with E-state index in [4.69, 9.17) is 0 Å². The molecule has 32 heavy (non-hydrogen) atoms. The van der Waals surface area contributed by atoms with E-state index in [2.05, 4.69) is 25.5 Å². The summed E-state index contributed by atoms with van der Waals surface area (Å²) in [6.45, 7) is 3.29. The second-order valence-electron chi connectivity index (χ2n) is 7.58. The van der Waals surface area contributed by atoms with Gasteiger partial charge in [-0.3, -0.25) is 0 Å². The maximum Gasteiger partial charge on any atom is 0.319 e. The van der Waals surface area contributed by atoms with Crippen LogP contribution in [0, 0.1) is 17.5 Å². The molecule has 0 unspecified atom stereocenters. The van der Waals surface area contributed by atoms with Gasteiger partial charge in [0.2, 0.25) is 0 Å². The maximum atomic E-state index is 13.9. The molecule has 0 saturated carbocycles. The third-order valence-electron chi connectivity index (χ3n) is 5.29. The molecule has 1 aromatic heterocycles. The summed E-state index contributed by atoms with van der Waals surface area (Å²) in [5, 5.41) is 9.44. The van der Waals surface area contributed by atoms with Crippen molar-refractivity contribution in [2.24, 2.45) is 0 Å². The number of para-hydroxylation sites is 1. The normalized spacial score (nSPS) is 14.4. The molecule has 1 saturated heterocycles. The first kappa shape index (κ1) is 21.7. The van der Waals surface area contributed by atoms with Crippen LogP contribution in [0.3, 0.4) is 0 Å². The van der Waals surface area contributed by atoms with Crippen molar-refractivity contribution in [2.45, 2.75) is 6.54 Å². The summed E-state index contributed by atoms with van der Waals surface area (Å²) in [6.07, 6.45) is 1.41. The van der Waals surface area contributed by atoms with Crippen LogP contribution in [0.1, 0.15) is 5.69 Å². The molecule has 0 aliphatic carbocycles. The molecule has 2 N–H and O–H groups in total. The number of carbonyl (C=O) groups excluding carboxylic acids is 1. The van der Waals surface area contributed by atoms with Gasteiger partial charge in [0, 0.05) is 32.4 Å². The number of piperazine rings is 1. The number of carbonyl (C=O) groups is 1. The highest BCUT2D eigenvalue weighted by Gasteiger charge is 2.19. The lowest BCUT2D eigenvalue weighted by Gasteiger charge is -2.35. The first-order valence-electron chi connectivity index (χ1n) is 10.2. The molecule has 168 valence electrons. The fourth-order valence-corrected chi connectivity index (χ4v) is 3.56. The molecule has 4 rings (SSSR count). The molecule has 1 fully saturated rings. The zero-order chi connectivity index (χ0) is 22.7. The monoisotopic (exact) mass is 444 g/mol. The summed E-state index contributed by atoms with van der Waals surface area (Å²) in [4.78, 5) is 16.7. The Morgan fingerprint density at radius 1 is 1.03 bits per heavy atom. The number of nitrogens with one attached hydrogen (secondary N) is 2. The van der Waals surface area contributed by atoms with E-state index in [9.17, 15) is 18.0 Å². The minimum atomic E-state index is -0.743. The number of rotatable bonds is 5. The van der Waals surface area contributed by atoms with E-state index in [1.807, 2.05) is 7.05 Å². The average Bonchev–Trinajstić information content (AvgIpc) is 3.22. The van der Waals surface area contributed by atoms with Crippen molar-refractivity contribution in [2.75, 3.05) is 43.4 Å². The van der Waals surface area contributed by atoms with E-state index < -0.39 is 23.5 Å². The summed E-state index contributed by atoms with van der Waals surface area (Å²) in [6, 6.07) is 8.86. The first-order valence-corrected chi connectivity index (χ1v) is 10.2. The smallest absolute Gasteiger partial charge is 0.319 e. The van der Waals surface area contributed by atoms with Gasteiger partial charge in [0.25, 0.3) is 0 Å². The van der Waals surface area contributed by atoms with Crippen LogP contribution in [-0.4, -0.2) is 53.9 Å². The second kappa shape index (κ2) is 9.31. The number of anilines is 2. The number of aromatic nitrogens is 2. The van der Waals surface area contributed by atoms with E-state index in [1.165, 1.54) is 24.4 Å². The molecule has 7 nitrogen and oxygen atoms in total.